The predicted octanol–water partition coefficient (Wildman–Crippen LogP) is -0.987. The molecule has 0 spiro atoms. The van der Waals surface area contributed by atoms with Crippen molar-refractivity contribution >= 4 is 0 Å². The maximum absolute atomic E-state index is 9.17. The highest BCUT2D eigenvalue weighted by atomic mass is 16.4. The summed E-state index contributed by atoms with van der Waals surface area (Å²) in [6.45, 7) is 2.95. The van der Waals surface area contributed by atoms with E-state index >= 15 is 0 Å². The van der Waals surface area contributed by atoms with E-state index in [1.54, 1.807) is 0 Å². The van der Waals surface area contributed by atoms with Crippen molar-refractivity contribution < 1.29 is 20.4 Å². The second kappa shape index (κ2) is 3.30. The highest BCUT2D eigenvalue weighted by Crippen LogP contribution is 2.17. The Labute approximate surface area is 59.7 Å². The van der Waals surface area contributed by atoms with Gasteiger partial charge in [-0.3, -0.25) is 0 Å². The Kier molecular flexibility index (Phi) is 3.24. The molecule has 0 aromatic heterocycles. The molecule has 0 aliphatic heterocycles. The number of rotatable bonds is 3. The molecule has 0 amide bonds. The standard InChI is InChI=1S/C6H13O4/c1-4(8)6(10,3-7)5(2)9/h3-5,7-10H,1-2H3. The smallest absolute Gasteiger partial charge is 0.144 e. The molecule has 4 N–H and O–H groups in total. The molecule has 0 saturated carbocycles. The third kappa shape index (κ3) is 1.67. The Balaban J connectivity index is 4.23. The van der Waals surface area contributed by atoms with E-state index in [4.69, 9.17) is 20.4 Å². The van der Waals surface area contributed by atoms with Crippen molar-refractivity contribution in [2.45, 2.75) is 31.7 Å². The topological polar surface area (TPSA) is 80.9 Å². The number of aliphatic hydroxyl groups is 4. The zero-order valence-electron chi connectivity index (χ0n) is 6.02. The molecule has 0 bridgehead atoms. The van der Waals surface area contributed by atoms with E-state index in [-0.39, 0.29) is 0 Å². The average molecular weight is 149 g/mol. The van der Waals surface area contributed by atoms with Crippen LogP contribution < -0.4 is 0 Å². The fraction of sp³-hybridized carbons (Fsp3) is 0.833. The summed E-state index contributed by atoms with van der Waals surface area (Å²) in [5.41, 5.74) is -1.92. The van der Waals surface area contributed by atoms with Crippen LogP contribution >= 0.6 is 0 Å². The molecular formula is C6H13O4. The summed E-state index contributed by atoms with van der Waals surface area (Å²) in [4.78, 5) is 0. The second-order valence-corrected chi connectivity index (χ2v) is 2.37. The van der Waals surface area contributed by atoms with Crippen LogP contribution in [0.2, 0.25) is 0 Å². The quantitative estimate of drug-likeness (QED) is 0.415. The van der Waals surface area contributed by atoms with Gasteiger partial charge in [-0.25, -0.2) is 0 Å². The van der Waals surface area contributed by atoms with E-state index in [1.165, 1.54) is 13.8 Å². The van der Waals surface area contributed by atoms with Crippen LogP contribution in [0.1, 0.15) is 13.8 Å². The summed E-state index contributed by atoms with van der Waals surface area (Å²) in [6.07, 6.45) is -2.39. The molecule has 0 rings (SSSR count). The first kappa shape index (κ1) is 9.84. The zero-order valence-corrected chi connectivity index (χ0v) is 6.02. The fourth-order valence-corrected chi connectivity index (χ4v) is 0.565. The molecule has 0 aromatic rings. The summed E-state index contributed by atoms with van der Waals surface area (Å²) >= 11 is 0. The van der Waals surface area contributed by atoms with Crippen LogP contribution in [0, 0.1) is 6.61 Å². The maximum Gasteiger partial charge on any atom is 0.144 e. The first-order valence-corrected chi connectivity index (χ1v) is 3.02. The van der Waals surface area contributed by atoms with Crippen molar-refractivity contribution in [2.75, 3.05) is 0 Å². The van der Waals surface area contributed by atoms with Gasteiger partial charge in [0.15, 0.2) is 0 Å². The van der Waals surface area contributed by atoms with Crippen LogP contribution in [0.25, 0.3) is 0 Å². The fourth-order valence-electron chi connectivity index (χ4n) is 0.565. The molecule has 2 atom stereocenters. The van der Waals surface area contributed by atoms with Gasteiger partial charge in [0, 0.05) is 0 Å². The molecule has 4 heteroatoms. The largest absolute Gasteiger partial charge is 0.390 e. The van der Waals surface area contributed by atoms with Crippen LogP contribution in [-0.4, -0.2) is 38.2 Å². The van der Waals surface area contributed by atoms with E-state index in [1.807, 2.05) is 0 Å². The minimum Gasteiger partial charge on any atom is -0.390 e. The van der Waals surface area contributed by atoms with Crippen LogP contribution in [0.3, 0.4) is 0 Å². The van der Waals surface area contributed by atoms with Gasteiger partial charge in [0.2, 0.25) is 0 Å². The summed E-state index contributed by atoms with van der Waals surface area (Å²) in [6, 6.07) is 0. The number of hydrogen-bond acceptors (Lipinski definition) is 4. The third-order valence-electron chi connectivity index (χ3n) is 1.55. The van der Waals surface area contributed by atoms with Gasteiger partial charge in [0.25, 0.3) is 0 Å². The van der Waals surface area contributed by atoms with E-state index < -0.39 is 17.8 Å². The van der Waals surface area contributed by atoms with E-state index in [0.29, 0.717) is 6.61 Å². The summed E-state index contributed by atoms with van der Waals surface area (Å²) in [5.74, 6) is 0. The van der Waals surface area contributed by atoms with Crippen LogP contribution in [0.5, 0.6) is 0 Å². The van der Waals surface area contributed by atoms with Crippen LogP contribution in [0.15, 0.2) is 0 Å². The van der Waals surface area contributed by atoms with Crippen LogP contribution in [-0.2, 0) is 0 Å². The lowest BCUT2D eigenvalue weighted by Gasteiger charge is -2.30. The lowest BCUT2D eigenvalue weighted by molar-refractivity contribution is -0.132. The number of aliphatic hydroxyl groups excluding tert-OH is 3. The van der Waals surface area contributed by atoms with Gasteiger partial charge in [0.1, 0.15) is 12.2 Å². The second-order valence-electron chi connectivity index (χ2n) is 2.37. The van der Waals surface area contributed by atoms with Crippen molar-refractivity contribution in [3.05, 3.63) is 6.61 Å². The van der Waals surface area contributed by atoms with Crippen molar-refractivity contribution in [1.82, 2.24) is 0 Å². The molecule has 0 aromatic carbocycles. The molecule has 0 heterocycles. The van der Waals surface area contributed by atoms with Gasteiger partial charge in [-0.05, 0) is 13.8 Å². The van der Waals surface area contributed by atoms with Gasteiger partial charge in [-0.1, -0.05) is 0 Å². The van der Waals surface area contributed by atoms with Crippen molar-refractivity contribution in [2.24, 2.45) is 0 Å². The first-order chi connectivity index (χ1) is 4.45. The molecule has 0 aliphatic rings. The predicted molar refractivity (Wildman–Crippen MR) is 34.5 cm³/mol. The van der Waals surface area contributed by atoms with E-state index in [2.05, 4.69) is 0 Å². The Morgan fingerprint density at radius 3 is 1.50 bits per heavy atom. The highest BCUT2D eigenvalue weighted by molar-refractivity contribution is 4.95. The normalized spacial score (nSPS) is 23.4. The van der Waals surface area contributed by atoms with Crippen LogP contribution in [0.4, 0.5) is 0 Å². The Bertz CT molecular complexity index is 91.9. The lowest BCUT2D eigenvalue weighted by atomic mass is 9.93. The Morgan fingerprint density at radius 2 is 1.50 bits per heavy atom. The molecule has 0 saturated heterocycles. The molecule has 1 radical (unpaired) electrons. The number of hydrogen-bond donors (Lipinski definition) is 4. The van der Waals surface area contributed by atoms with Gasteiger partial charge in [0.05, 0.1) is 12.2 Å². The molecule has 0 fully saturated rings. The van der Waals surface area contributed by atoms with E-state index in [0.717, 1.165) is 0 Å². The minimum atomic E-state index is -1.92. The highest BCUT2D eigenvalue weighted by Gasteiger charge is 2.37. The van der Waals surface area contributed by atoms with Gasteiger partial charge in [-0.2, -0.15) is 0 Å². The van der Waals surface area contributed by atoms with E-state index in [9.17, 15) is 0 Å². The molecule has 61 valence electrons. The SMILES string of the molecule is CC(O)C(O)([CH]O)C(C)O. The molecule has 2 unspecified atom stereocenters. The summed E-state index contributed by atoms with van der Waals surface area (Å²) in [5, 5.41) is 35.3. The monoisotopic (exact) mass is 149 g/mol. The Hall–Kier alpha value is -0.160. The lowest BCUT2D eigenvalue weighted by Crippen LogP contribution is -2.50. The maximum atomic E-state index is 9.17. The molecule has 10 heavy (non-hydrogen) atoms. The summed E-state index contributed by atoms with van der Waals surface area (Å²) < 4.78 is 0. The van der Waals surface area contributed by atoms with Gasteiger partial charge >= 0.3 is 0 Å². The Morgan fingerprint density at radius 1 is 1.20 bits per heavy atom. The van der Waals surface area contributed by atoms with Crippen molar-refractivity contribution in [1.29, 1.82) is 0 Å². The zero-order chi connectivity index (χ0) is 8.36. The van der Waals surface area contributed by atoms with Gasteiger partial charge < -0.3 is 20.4 Å². The molecule has 4 nitrogen and oxygen atoms in total. The average Bonchev–Trinajstić information content (AvgIpc) is 1.85. The molecular weight excluding hydrogens is 136 g/mol. The first-order valence-electron chi connectivity index (χ1n) is 3.02. The minimum absolute atomic E-state index is 0.391. The van der Waals surface area contributed by atoms with Gasteiger partial charge in [-0.15, -0.1) is 0 Å². The van der Waals surface area contributed by atoms with Crippen molar-refractivity contribution in [3.8, 4) is 0 Å². The van der Waals surface area contributed by atoms with Crippen molar-refractivity contribution in [3.63, 3.8) is 0 Å². The molecule has 0 aliphatic carbocycles. The third-order valence-corrected chi connectivity index (χ3v) is 1.55. The summed E-state index contributed by atoms with van der Waals surface area (Å²) in [7, 11) is 0.